The predicted octanol–water partition coefficient (Wildman–Crippen LogP) is 4.02. The molecule has 0 saturated heterocycles. The lowest BCUT2D eigenvalue weighted by molar-refractivity contribution is -0.115. The average molecular weight is 358 g/mol. The maximum absolute atomic E-state index is 11.9. The van der Waals surface area contributed by atoms with E-state index in [-0.39, 0.29) is 23.0 Å². The molecule has 0 aliphatic heterocycles. The molecule has 0 saturated carbocycles. The molecule has 0 fully saturated rings. The van der Waals surface area contributed by atoms with Crippen molar-refractivity contribution < 1.29 is 9.59 Å². The molecule has 0 aliphatic carbocycles. The summed E-state index contributed by atoms with van der Waals surface area (Å²) in [5.74, 6) is -0.830. The molecule has 7 heteroatoms. The SMILES string of the molecule is O=C(CNC(=O)c1ccc(Cl)cc1Cl)Nc1cccc(Cl)c1. The number of rotatable bonds is 4. The third-order valence-corrected chi connectivity index (χ3v) is 3.48. The van der Waals surface area contributed by atoms with Crippen molar-refractivity contribution in [1.29, 1.82) is 0 Å². The Morgan fingerprint density at radius 2 is 1.68 bits per heavy atom. The number of anilines is 1. The van der Waals surface area contributed by atoms with E-state index in [0.717, 1.165) is 0 Å². The zero-order valence-corrected chi connectivity index (χ0v) is 13.5. The molecule has 4 nitrogen and oxygen atoms in total. The van der Waals surface area contributed by atoms with Crippen molar-refractivity contribution in [3.8, 4) is 0 Å². The van der Waals surface area contributed by atoms with Crippen LogP contribution in [-0.2, 0) is 4.79 Å². The standard InChI is InChI=1S/C15H11Cl3N2O2/c16-9-2-1-3-11(6-9)20-14(21)8-19-15(22)12-5-4-10(17)7-13(12)18/h1-7H,8H2,(H,19,22)(H,20,21). The normalized spacial score (nSPS) is 10.1. The van der Waals surface area contributed by atoms with E-state index in [0.29, 0.717) is 15.7 Å². The summed E-state index contributed by atoms with van der Waals surface area (Å²) >= 11 is 17.5. The van der Waals surface area contributed by atoms with E-state index < -0.39 is 5.91 Å². The van der Waals surface area contributed by atoms with Gasteiger partial charge in [-0.2, -0.15) is 0 Å². The van der Waals surface area contributed by atoms with Gasteiger partial charge in [0.05, 0.1) is 17.1 Å². The van der Waals surface area contributed by atoms with Gasteiger partial charge in [0, 0.05) is 15.7 Å². The highest BCUT2D eigenvalue weighted by atomic mass is 35.5. The summed E-state index contributed by atoms with van der Waals surface area (Å²) in [6, 6.07) is 11.2. The fraction of sp³-hybridized carbons (Fsp3) is 0.0667. The molecule has 0 atom stereocenters. The van der Waals surface area contributed by atoms with Gasteiger partial charge in [-0.3, -0.25) is 9.59 Å². The number of amides is 2. The van der Waals surface area contributed by atoms with Gasteiger partial charge in [-0.1, -0.05) is 40.9 Å². The molecular weight excluding hydrogens is 347 g/mol. The van der Waals surface area contributed by atoms with Gasteiger partial charge in [-0.05, 0) is 36.4 Å². The van der Waals surface area contributed by atoms with E-state index in [1.54, 1.807) is 30.3 Å². The average Bonchev–Trinajstić information content (AvgIpc) is 2.45. The first-order chi connectivity index (χ1) is 10.5. The molecule has 2 N–H and O–H groups in total. The van der Waals surface area contributed by atoms with Crippen LogP contribution < -0.4 is 10.6 Å². The molecule has 0 spiro atoms. The van der Waals surface area contributed by atoms with E-state index in [9.17, 15) is 9.59 Å². The van der Waals surface area contributed by atoms with E-state index in [1.165, 1.54) is 12.1 Å². The van der Waals surface area contributed by atoms with Crippen molar-refractivity contribution in [2.45, 2.75) is 0 Å². The molecule has 0 unspecified atom stereocenters. The Hall–Kier alpha value is -1.75. The van der Waals surface area contributed by atoms with E-state index in [2.05, 4.69) is 10.6 Å². The van der Waals surface area contributed by atoms with Crippen molar-refractivity contribution in [2.75, 3.05) is 11.9 Å². The summed E-state index contributed by atoms with van der Waals surface area (Å²) in [5, 5.41) is 6.27. The Balaban J connectivity index is 1.92. The summed E-state index contributed by atoms with van der Waals surface area (Å²) in [6.07, 6.45) is 0. The molecule has 0 heterocycles. The molecule has 114 valence electrons. The second kappa shape index (κ2) is 7.49. The maximum Gasteiger partial charge on any atom is 0.253 e. The number of carbonyl (C=O) groups is 2. The molecule has 2 aromatic rings. The van der Waals surface area contributed by atoms with Crippen LogP contribution in [0.3, 0.4) is 0 Å². The van der Waals surface area contributed by atoms with Crippen LogP contribution in [0.5, 0.6) is 0 Å². The number of halogens is 3. The van der Waals surface area contributed by atoms with Crippen molar-refractivity contribution in [3.63, 3.8) is 0 Å². The Labute approximate surface area is 142 Å². The van der Waals surface area contributed by atoms with Crippen molar-refractivity contribution in [3.05, 3.63) is 63.1 Å². The summed E-state index contributed by atoms with van der Waals surface area (Å²) in [4.78, 5) is 23.7. The molecule has 22 heavy (non-hydrogen) atoms. The second-order valence-corrected chi connectivity index (χ2v) is 5.65. The third kappa shape index (κ3) is 4.63. The largest absolute Gasteiger partial charge is 0.343 e. The second-order valence-electron chi connectivity index (χ2n) is 4.37. The van der Waals surface area contributed by atoms with E-state index in [4.69, 9.17) is 34.8 Å². The third-order valence-electron chi connectivity index (χ3n) is 2.69. The quantitative estimate of drug-likeness (QED) is 0.868. The number of benzene rings is 2. The van der Waals surface area contributed by atoms with Gasteiger partial charge in [-0.15, -0.1) is 0 Å². The van der Waals surface area contributed by atoms with Gasteiger partial charge in [0.1, 0.15) is 0 Å². The lowest BCUT2D eigenvalue weighted by atomic mass is 10.2. The lowest BCUT2D eigenvalue weighted by Crippen LogP contribution is -2.33. The molecular formula is C15H11Cl3N2O2. The van der Waals surface area contributed by atoms with Crippen molar-refractivity contribution >= 4 is 52.3 Å². The first-order valence-corrected chi connectivity index (χ1v) is 7.38. The highest BCUT2D eigenvalue weighted by Gasteiger charge is 2.12. The monoisotopic (exact) mass is 356 g/mol. The first-order valence-electron chi connectivity index (χ1n) is 6.24. The topological polar surface area (TPSA) is 58.2 Å². The van der Waals surface area contributed by atoms with Gasteiger partial charge in [-0.25, -0.2) is 0 Å². The minimum atomic E-state index is -0.456. The molecule has 2 rings (SSSR count). The Bertz CT molecular complexity index is 720. The lowest BCUT2D eigenvalue weighted by Gasteiger charge is -2.08. The number of carbonyl (C=O) groups excluding carboxylic acids is 2. The fourth-order valence-electron chi connectivity index (χ4n) is 1.70. The number of hydrogen-bond donors (Lipinski definition) is 2. The Morgan fingerprint density at radius 1 is 0.955 bits per heavy atom. The molecule has 0 radical (unpaired) electrons. The highest BCUT2D eigenvalue weighted by Crippen LogP contribution is 2.20. The van der Waals surface area contributed by atoms with Crippen LogP contribution in [0.15, 0.2) is 42.5 Å². The van der Waals surface area contributed by atoms with Crippen LogP contribution in [0.1, 0.15) is 10.4 Å². The smallest absolute Gasteiger partial charge is 0.253 e. The molecule has 0 aliphatic rings. The van der Waals surface area contributed by atoms with Crippen molar-refractivity contribution in [1.82, 2.24) is 5.32 Å². The van der Waals surface area contributed by atoms with Crippen molar-refractivity contribution in [2.24, 2.45) is 0 Å². The van der Waals surface area contributed by atoms with Gasteiger partial charge in [0.25, 0.3) is 5.91 Å². The zero-order valence-electron chi connectivity index (χ0n) is 11.2. The predicted molar refractivity (Wildman–Crippen MR) is 88.9 cm³/mol. The van der Waals surface area contributed by atoms with Gasteiger partial charge >= 0.3 is 0 Å². The van der Waals surface area contributed by atoms with Crippen LogP contribution in [0.2, 0.25) is 15.1 Å². The van der Waals surface area contributed by atoms with E-state index in [1.807, 2.05) is 0 Å². The van der Waals surface area contributed by atoms with Gasteiger partial charge in [0.15, 0.2) is 0 Å². The summed E-state index contributed by atoms with van der Waals surface area (Å²) in [5.41, 5.74) is 0.804. The molecule has 0 aromatic heterocycles. The highest BCUT2D eigenvalue weighted by molar-refractivity contribution is 6.36. The fourth-order valence-corrected chi connectivity index (χ4v) is 2.39. The van der Waals surface area contributed by atoms with Gasteiger partial charge in [0.2, 0.25) is 5.91 Å². The van der Waals surface area contributed by atoms with Crippen LogP contribution in [0.25, 0.3) is 0 Å². The molecule has 2 amide bonds. The summed E-state index contributed by atoms with van der Waals surface area (Å²) in [7, 11) is 0. The van der Waals surface area contributed by atoms with Gasteiger partial charge < -0.3 is 10.6 Å². The Morgan fingerprint density at radius 3 is 2.36 bits per heavy atom. The van der Waals surface area contributed by atoms with Crippen LogP contribution in [-0.4, -0.2) is 18.4 Å². The van der Waals surface area contributed by atoms with Crippen LogP contribution in [0, 0.1) is 0 Å². The summed E-state index contributed by atoms with van der Waals surface area (Å²) < 4.78 is 0. The van der Waals surface area contributed by atoms with Crippen LogP contribution >= 0.6 is 34.8 Å². The van der Waals surface area contributed by atoms with Crippen LogP contribution in [0.4, 0.5) is 5.69 Å². The summed E-state index contributed by atoms with van der Waals surface area (Å²) in [6.45, 7) is -0.190. The Kier molecular flexibility index (Phi) is 5.66. The molecule has 2 aromatic carbocycles. The minimum Gasteiger partial charge on any atom is -0.343 e. The number of nitrogens with one attached hydrogen (secondary N) is 2. The first kappa shape index (κ1) is 16.6. The maximum atomic E-state index is 11.9. The zero-order chi connectivity index (χ0) is 16.1. The number of hydrogen-bond acceptors (Lipinski definition) is 2. The molecule has 0 bridgehead atoms. The minimum absolute atomic E-state index is 0.190. The van der Waals surface area contributed by atoms with E-state index >= 15 is 0 Å².